The average Bonchev–Trinajstić information content (AvgIpc) is 0.758. The average molecular weight is 1870 g/mol. The number of hydrogen-bond donors (Lipinski definition) is 21. The van der Waals surface area contributed by atoms with E-state index in [0.29, 0.717) is 6.42 Å². The number of ketones is 3. The van der Waals surface area contributed by atoms with Gasteiger partial charge in [0, 0.05) is 73.3 Å². The molecule has 13 rings (SSSR count). The van der Waals surface area contributed by atoms with Crippen LogP contribution in [0.15, 0.2) is 97.1 Å². The van der Waals surface area contributed by atoms with E-state index in [4.69, 9.17) is 62.1 Å². The smallest absolute Gasteiger partial charge is 0.295 e. The monoisotopic (exact) mass is 1870 g/mol. The van der Waals surface area contributed by atoms with E-state index in [1.54, 1.807) is 20.8 Å². The van der Waals surface area contributed by atoms with Gasteiger partial charge in [-0.1, -0.05) is 106 Å². The first-order chi connectivity index (χ1) is 62.3. The number of aliphatic hydroxyl groups is 11. The van der Waals surface area contributed by atoms with Gasteiger partial charge in [-0.05, 0) is 153 Å². The van der Waals surface area contributed by atoms with Crippen LogP contribution in [0.5, 0.6) is 46.0 Å². The fourth-order valence-electron chi connectivity index (χ4n) is 16.9. The molecule has 11 bridgehead atoms. The quantitative estimate of drug-likeness (QED) is 0.0200. The lowest BCUT2D eigenvalue weighted by Gasteiger charge is -2.48. The minimum absolute atomic E-state index is 0.00740. The summed E-state index contributed by atoms with van der Waals surface area (Å²) in [7, 11) is 0. The Labute approximate surface area is 764 Å². The van der Waals surface area contributed by atoms with Crippen LogP contribution in [-0.2, 0) is 81.6 Å². The molecule has 131 heavy (non-hydrogen) atoms. The van der Waals surface area contributed by atoms with Gasteiger partial charge in [0.25, 0.3) is 6.47 Å². The number of amides is 5. The fourth-order valence-corrected chi connectivity index (χ4v) is 17.3. The number of phenols is 3. The molecule has 0 aliphatic carbocycles. The molecule has 712 valence electrons. The molecule has 22 N–H and O–H groups in total. The number of nitrogens with one attached hydrogen (secondary N) is 6. The summed E-state index contributed by atoms with van der Waals surface area (Å²) in [5.41, 5.74) is 3.88. The standard InChI is InChI=1S/C92H115Cl2N7O30/c1-7-9-10-13-44-15-17-45(18-16-44)37-97-92(6)36-70(126-43(5)85(92)120)130-84-82(119)80(117)68(40-103)129-91(84)131-83-66-31-50-32-67(83)128-65-24-21-49(29-57(65)94)76(113)74-89(124)101-90(125-41-104)54-35-60(107)55(38-96-25-12-11-14-59(106)78(115)81(118)79(116)63(110)39-102)77(114)71(54)53-27-47(19-22-58(53)105)52(88(123)100-74)34-62(109)72(50)98-87(122)51(33-69(95)111)30-61(108)73(99-86(121)46(8-2)26-42(3)4)75(112)48-20-23-64(127-66)56(93)28-48/h15-24,27-29,31-32,35,41-43,46,51-52,63,68,70,72-76,78-82,84-85,90-91,96-97,102-103,105,107,110,112-120H,7-14,25-26,30,33-34,36-40H2,1-6H3,(H2,95,111)(H,98,122)(H,99,121)(H,100,123)(H,101,124)/t43-,46+,51-,52-,63+,68+,70-,72+,73-,74-,75+,76+,78-,79+,80?,81+,82?,84+,85+,90+,91-,92?/m0/s1. The number of aromatic hydroxyl groups is 3. The summed E-state index contributed by atoms with van der Waals surface area (Å²) >= 11 is 14.5. The number of phenolic OH excluding ortho intramolecular Hbond substituents is 3. The number of fused-ring (bicyclic) bond motifs is 15. The lowest BCUT2D eigenvalue weighted by Crippen LogP contribution is -2.65. The predicted octanol–water partition coefficient (Wildman–Crippen LogP) is 4.40. The summed E-state index contributed by atoms with van der Waals surface area (Å²) < 4.78 is 45.3. The van der Waals surface area contributed by atoms with Gasteiger partial charge in [0.2, 0.25) is 47.8 Å². The SMILES string of the molecule is CCCCCc1ccc(CNC2(C)C[C@H](O[C@@H]3C(O)C(O)[C@@H](CO)O[C@H]3Oc3c4cc5cc3Oc3ccc(cc3Cl)[C@@H](O)[C@@H](NC(=O)[C@H](CC)CC(C)C)C(=O)C[C@@H](CC(N)=O)C(=O)N[C@H]5C(=O)C[C@@H]3C(=O)N[C@H](C(=O)N[C@H](OC=O)c5cc(O)c(CNCCCCC(=O)[C@H](O)[C@@H](O)[C@H](O)[C@H](O)CO)c(O)c5-c5cc3ccc5O)[C@H](O)c3ccc(c(Cl)c3)O4)O[C@@H](C)[C@H]2O)cc1. The molecular formula is C92H115Cl2N7O30. The Morgan fingerprint density at radius 2 is 1.36 bits per heavy atom. The first-order valence-electron chi connectivity index (χ1n) is 43.5. The highest BCUT2D eigenvalue weighted by Gasteiger charge is 2.53. The summed E-state index contributed by atoms with van der Waals surface area (Å²) in [6.07, 6.45) is -26.7. The van der Waals surface area contributed by atoms with E-state index in [-0.39, 0.29) is 96.4 Å². The number of ether oxygens (including phenoxy) is 7. The topological polar surface area (TPSA) is 600 Å². The first kappa shape index (κ1) is 101. The normalized spacial score (nSPS) is 26.5. The molecule has 7 aliphatic heterocycles. The third-order valence-electron chi connectivity index (χ3n) is 24.5. The summed E-state index contributed by atoms with van der Waals surface area (Å²) in [5.74, 6) is -18.6. The van der Waals surface area contributed by atoms with Crippen LogP contribution in [0, 0.1) is 17.8 Å². The van der Waals surface area contributed by atoms with E-state index in [0.717, 1.165) is 85.3 Å². The molecule has 7 heterocycles. The molecule has 2 saturated heterocycles. The predicted molar refractivity (Wildman–Crippen MR) is 466 cm³/mol. The van der Waals surface area contributed by atoms with Crippen molar-refractivity contribution in [3.63, 3.8) is 0 Å². The van der Waals surface area contributed by atoms with Crippen molar-refractivity contribution in [2.45, 2.75) is 260 Å². The zero-order valence-electron chi connectivity index (χ0n) is 72.9. The molecule has 6 aromatic rings. The Kier molecular flexibility index (Phi) is 34.9. The zero-order chi connectivity index (χ0) is 95.3. The number of nitrogens with two attached hydrogens (primary N) is 1. The second-order valence-corrected chi connectivity index (χ2v) is 35.3. The number of rotatable bonds is 33. The Hall–Kier alpha value is -10.1. The molecule has 6 aromatic carbocycles. The van der Waals surface area contributed by atoms with Crippen molar-refractivity contribution in [2.24, 2.45) is 23.5 Å². The molecule has 5 amide bonds. The highest BCUT2D eigenvalue weighted by molar-refractivity contribution is 6.32. The number of halogens is 2. The van der Waals surface area contributed by atoms with Gasteiger partial charge >= 0.3 is 0 Å². The van der Waals surface area contributed by atoms with Crippen LogP contribution in [0.25, 0.3) is 11.1 Å². The van der Waals surface area contributed by atoms with Crippen molar-refractivity contribution in [1.29, 1.82) is 0 Å². The van der Waals surface area contributed by atoms with E-state index in [9.17, 15) is 90.7 Å². The van der Waals surface area contributed by atoms with E-state index in [1.165, 1.54) is 24.3 Å². The van der Waals surface area contributed by atoms with Crippen molar-refractivity contribution in [3.05, 3.63) is 152 Å². The number of primary amides is 1. The summed E-state index contributed by atoms with van der Waals surface area (Å²) in [6.45, 7) is 8.61. The van der Waals surface area contributed by atoms with Gasteiger partial charge in [-0.3, -0.25) is 43.2 Å². The van der Waals surface area contributed by atoms with Crippen LogP contribution in [0.3, 0.4) is 0 Å². The van der Waals surface area contributed by atoms with E-state index < -0.39 is 281 Å². The molecule has 0 radical (unpaired) electrons. The highest BCUT2D eigenvalue weighted by atomic mass is 35.5. The Morgan fingerprint density at radius 1 is 0.702 bits per heavy atom. The molecular weight excluding hydrogens is 1750 g/mol. The van der Waals surface area contributed by atoms with Crippen LogP contribution < -0.4 is 51.8 Å². The van der Waals surface area contributed by atoms with Crippen LogP contribution in [0.2, 0.25) is 10.0 Å². The molecule has 0 spiro atoms. The van der Waals surface area contributed by atoms with Crippen LogP contribution >= 0.6 is 23.2 Å². The maximum Gasteiger partial charge on any atom is 0.295 e. The maximum atomic E-state index is 16.6. The summed E-state index contributed by atoms with van der Waals surface area (Å²) in [5, 5.41) is 175. The lowest BCUT2D eigenvalue weighted by molar-refractivity contribution is -0.334. The Balaban J connectivity index is 1.08. The minimum atomic E-state index is -2.27. The second kappa shape index (κ2) is 45.1. The lowest BCUT2D eigenvalue weighted by atomic mass is 9.84. The second-order valence-electron chi connectivity index (χ2n) is 34.5. The number of carbonyl (C=O) groups excluding carboxylic acids is 9. The fraction of sp³-hybridized carbons (Fsp3) is 0.511. The van der Waals surface area contributed by atoms with E-state index in [2.05, 4.69) is 38.8 Å². The molecule has 7 aliphatic rings. The van der Waals surface area contributed by atoms with Gasteiger partial charge in [0.1, 0.15) is 102 Å². The van der Waals surface area contributed by atoms with Crippen LogP contribution in [-0.4, -0.2) is 236 Å². The summed E-state index contributed by atoms with van der Waals surface area (Å²) in [4.78, 5) is 132. The molecule has 0 aromatic heterocycles. The van der Waals surface area contributed by atoms with Gasteiger partial charge in [-0.2, -0.15) is 0 Å². The van der Waals surface area contributed by atoms with Gasteiger partial charge in [-0.15, -0.1) is 0 Å². The van der Waals surface area contributed by atoms with Crippen LogP contribution in [0.1, 0.15) is 193 Å². The first-order valence-corrected chi connectivity index (χ1v) is 44.3. The Morgan fingerprint density at radius 3 is 1.98 bits per heavy atom. The maximum absolute atomic E-state index is 16.6. The molecule has 0 saturated carbocycles. The number of unbranched alkanes of at least 4 members (excludes halogenated alkanes) is 3. The van der Waals surface area contributed by atoms with E-state index in [1.807, 2.05) is 38.1 Å². The third-order valence-corrected chi connectivity index (χ3v) is 25.1. The summed E-state index contributed by atoms with van der Waals surface area (Å²) in [6, 6.07) is 15.1. The van der Waals surface area contributed by atoms with Crippen molar-refractivity contribution in [2.75, 3.05) is 19.8 Å². The number of Topliss-reactive ketones (excluding diaryl/α,β-unsaturated/α-hetero) is 3. The zero-order valence-corrected chi connectivity index (χ0v) is 74.4. The van der Waals surface area contributed by atoms with Crippen LogP contribution in [0.4, 0.5) is 0 Å². The number of aliphatic hydroxyl groups excluding tert-OH is 11. The third kappa shape index (κ3) is 24.1. The molecule has 22 atom stereocenters. The van der Waals surface area contributed by atoms with E-state index >= 15 is 24.0 Å². The van der Waals surface area contributed by atoms with Crippen molar-refractivity contribution in [3.8, 4) is 57.1 Å². The number of aryl methyl sites for hydroxylation is 1. The molecule has 39 heteroatoms. The van der Waals surface area contributed by atoms with Crippen molar-refractivity contribution >= 4 is 76.6 Å². The highest BCUT2D eigenvalue weighted by Crippen LogP contribution is 2.52. The van der Waals surface area contributed by atoms with Crippen molar-refractivity contribution in [1.82, 2.24) is 31.9 Å². The van der Waals surface area contributed by atoms with Gasteiger partial charge < -0.3 is 142 Å². The number of hydrogen-bond acceptors (Lipinski definition) is 32. The molecule has 37 nitrogen and oxygen atoms in total. The number of carbonyl (C=O) groups is 9. The van der Waals surface area contributed by atoms with Gasteiger partial charge in [0.15, 0.2) is 41.2 Å². The minimum Gasteiger partial charge on any atom is -0.507 e. The molecule has 2 fully saturated rings. The van der Waals surface area contributed by atoms with Gasteiger partial charge in [-0.25, -0.2) is 0 Å². The van der Waals surface area contributed by atoms with Gasteiger partial charge in [0.05, 0.1) is 52.9 Å². The largest absolute Gasteiger partial charge is 0.507 e. The molecule has 3 unspecified atom stereocenters. The Bertz CT molecular complexity index is 5090. The van der Waals surface area contributed by atoms with Crippen molar-refractivity contribution < 1.29 is 148 Å². The number of benzene rings is 6.